The zero-order valence-corrected chi connectivity index (χ0v) is 25.2. The Bertz CT molecular complexity index is 1180. The van der Waals surface area contributed by atoms with Gasteiger partial charge < -0.3 is 23.8 Å². The number of piperidine rings is 1. The number of hydrogen-bond acceptors (Lipinski definition) is 8. The van der Waals surface area contributed by atoms with Gasteiger partial charge in [-0.1, -0.05) is 25.8 Å². The first-order chi connectivity index (χ1) is 19.7. The molecule has 0 N–H and O–H groups in total. The van der Waals surface area contributed by atoms with E-state index in [-0.39, 0.29) is 18.3 Å². The molecule has 4 rings (SSSR count). The van der Waals surface area contributed by atoms with Crippen LogP contribution in [0.25, 0.3) is 11.1 Å². The third-order valence-electron chi connectivity index (χ3n) is 7.54. The summed E-state index contributed by atoms with van der Waals surface area (Å²) in [4.78, 5) is 27.0. The van der Waals surface area contributed by atoms with Crippen molar-refractivity contribution in [2.75, 3.05) is 20.2 Å². The molecule has 2 aliphatic rings. The average Bonchev–Trinajstić information content (AvgIpc) is 2.96. The molecule has 1 saturated carbocycles. The lowest BCUT2D eigenvalue weighted by atomic mass is 9.97. The first-order valence-corrected chi connectivity index (χ1v) is 15.1. The van der Waals surface area contributed by atoms with Crippen molar-refractivity contribution in [3.05, 3.63) is 35.5 Å². The molecular formula is C32H45N3O6. The van der Waals surface area contributed by atoms with Crippen molar-refractivity contribution in [1.82, 2.24) is 15.1 Å². The van der Waals surface area contributed by atoms with Crippen molar-refractivity contribution < 1.29 is 28.5 Å². The Kier molecular flexibility index (Phi) is 10.5. The summed E-state index contributed by atoms with van der Waals surface area (Å²) < 4.78 is 23.2. The van der Waals surface area contributed by atoms with Crippen molar-refractivity contribution in [2.45, 2.75) is 110 Å². The molecule has 41 heavy (non-hydrogen) atoms. The number of nitrogens with zero attached hydrogens (tertiary/aromatic N) is 3. The molecule has 0 unspecified atom stereocenters. The Balaban J connectivity index is 1.53. The zero-order chi connectivity index (χ0) is 29.4. The van der Waals surface area contributed by atoms with Crippen LogP contribution in [0.1, 0.15) is 102 Å². The van der Waals surface area contributed by atoms with Crippen LogP contribution in [0.4, 0.5) is 4.79 Å². The molecule has 9 heteroatoms. The second-order valence-corrected chi connectivity index (χ2v) is 12.0. The molecule has 2 aromatic rings. The van der Waals surface area contributed by atoms with Crippen molar-refractivity contribution in [3.8, 4) is 22.8 Å². The van der Waals surface area contributed by atoms with E-state index in [0.29, 0.717) is 43.1 Å². The molecule has 1 aliphatic heterocycles. The van der Waals surface area contributed by atoms with Crippen molar-refractivity contribution in [1.29, 1.82) is 0 Å². The third-order valence-corrected chi connectivity index (χ3v) is 7.54. The topological polar surface area (TPSA) is 100 Å². The molecule has 1 amide bonds. The minimum atomic E-state index is -0.524. The number of esters is 1. The van der Waals surface area contributed by atoms with Crippen molar-refractivity contribution >= 4 is 12.1 Å². The summed E-state index contributed by atoms with van der Waals surface area (Å²) in [6.07, 6.45) is 9.34. The Morgan fingerprint density at radius 3 is 2.32 bits per heavy atom. The van der Waals surface area contributed by atoms with E-state index < -0.39 is 11.6 Å². The number of methoxy groups -OCH3 is 1. The van der Waals surface area contributed by atoms with Gasteiger partial charge in [-0.05, 0) is 77.0 Å². The highest BCUT2D eigenvalue weighted by Crippen LogP contribution is 2.33. The number of carbonyl (C=O) groups is 2. The molecule has 1 aromatic carbocycles. The fourth-order valence-corrected chi connectivity index (χ4v) is 5.32. The second kappa shape index (κ2) is 14.0. The van der Waals surface area contributed by atoms with Gasteiger partial charge in [-0.3, -0.25) is 0 Å². The number of benzene rings is 1. The van der Waals surface area contributed by atoms with E-state index in [1.54, 1.807) is 4.90 Å². The van der Waals surface area contributed by atoms with Gasteiger partial charge in [0, 0.05) is 37.6 Å². The summed E-state index contributed by atoms with van der Waals surface area (Å²) in [6, 6.07) is 7.59. The van der Waals surface area contributed by atoms with Gasteiger partial charge in [-0.15, -0.1) is 5.10 Å². The molecule has 1 saturated heterocycles. The van der Waals surface area contributed by atoms with Crippen LogP contribution >= 0.6 is 0 Å². The van der Waals surface area contributed by atoms with Gasteiger partial charge in [-0.2, -0.15) is 5.10 Å². The molecule has 224 valence electrons. The summed E-state index contributed by atoms with van der Waals surface area (Å²) in [5.41, 5.74) is 2.46. The van der Waals surface area contributed by atoms with Gasteiger partial charge in [0.15, 0.2) is 0 Å². The largest absolute Gasteiger partial charge is 0.490 e. The zero-order valence-electron chi connectivity index (χ0n) is 25.2. The van der Waals surface area contributed by atoms with E-state index in [4.69, 9.17) is 18.9 Å². The van der Waals surface area contributed by atoms with Crippen LogP contribution < -0.4 is 9.47 Å². The maximum atomic E-state index is 12.8. The third kappa shape index (κ3) is 8.57. The monoisotopic (exact) mass is 567 g/mol. The molecule has 0 bridgehead atoms. The maximum Gasteiger partial charge on any atom is 0.410 e. The van der Waals surface area contributed by atoms with Crippen LogP contribution in [0.3, 0.4) is 0 Å². The van der Waals surface area contributed by atoms with Crippen LogP contribution in [-0.4, -0.2) is 65.2 Å². The Morgan fingerprint density at radius 1 is 0.951 bits per heavy atom. The van der Waals surface area contributed by atoms with E-state index in [9.17, 15) is 9.59 Å². The van der Waals surface area contributed by atoms with Gasteiger partial charge >= 0.3 is 12.1 Å². The first-order valence-electron chi connectivity index (χ1n) is 15.1. The van der Waals surface area contributed by atoms with Gasteiger partial charge in [0.05, 0.1) is 18.9 Å². The van der Waals surface area contributed by atoms with Crippen LogP contribution in [0, 0.1) is 0 Å². The summed E-state index contributed by atoms with van der Waals surface area (Å²) in [7, 11) is 1.39. The SMILES string of the molecule is CCCCc1nnc(OC2CCN(C(=O)OC(C)(C)C)CC2)cc1-c1ccc(OC2CCCCC2)c(C(=O)OC)c1. The smallest absolute Gasteiger partial charge is 0.410 e. The molecule has 2 fully saturated rings. The number of likely N-dealkylation sites (tertiary alicyclic amines) is 1. The van der Waals surface area contributed by atoms with E-state index in [1.165, 1.54) is 13.5 Å². The lowest BCUT2D eigenvalue weighted by molar-refractivity contribution is 0.0122. The van der Waals surface area contributed by atoms with E-state index in [2.05, 4.69) is 17.1 Å². The summed E-state index contributed by atoms with van der Waals surface area (Å²) in [5, 5.41) is 8.93. The maximum absolute atomic E-state index is 12.8. The number of carbonyl (C=O) groups excluding carboxylic acids is 2. The minimum absolute atomic E-state index is 0.0887. The Hall–Kier alpha value is -3.36. The van der Waals surface area contributed by atoms with E-state index in [0.717, 1.165) is 61.8 Å². The second-order valence-electron chi connectivity index (χ2n) is 12.0. The number of amides is 1. The molecule has 9 nitrogen and oxygen atoms in total. The molecule has 0 spiro atoms. The molecular weight excluding hydrogens is 522 g/mol. The predicted octanol–water partition coefficient (Wildman–Crippen LogP) is 6.76. The highest BCUT2D eigenvalue weighted by atomic mass is 16.6. The van der Waals surface area contributed by atoms with Gasteiger partial charge in [0.1, 0.15) is 23.0 Å². The van der Waals surface area contributed by atoms with Crippen molar-refractivity contribution in [3.63, 3.8) is 0 Å². The van der Waals surface area contributed by atoms with Crippen LogP contribution in [0.15, 0.2) is 24.3 Å². The highest BCUT2D eigenvalue weighted by molar-refractivity contribution is 5.94. The van der Waals surface area contributed by atoms with E-state index in [1.807, 2.05) is 45.0 Å². The first kappa shape index (κ1) is 30.6. The highest BCUT2D eigenvalue weighted by Gasteiger charge is 2.28. The van der Waals surface area contributed by atoms with Gasteiger partial charge in [0.2, 0.25) is 5.88 Å². The molecule has 0 atom stereocenters. The van der Waals surface area contributed by atoms with E-state index >= 15 is 0 Å². The number of ether oxygens (including phenoxy) is 4. The minimum Gasteiger partial charge on any atom is -0.490 e. The Labute approximate surface area is 243 Å². The lowest BCUT2D eigenvalue weighted by Crippen LogP contribution is -2.44. The molecule has 0 radical (unpaired) electrons. The fourth-order valence-electron chi connectivity index (χ4n) is 5.32. The predicted molar refractivity (Wildman–Crippen MR) is 156 cm³/mol. The molecule has 1 aromatic heterocycles. The fraction of sp³-hybridized carbons (Fsp3) is 0.625. The normalized spacial score (nSPS) is 16.8. The standard InChI is InChI=1S/C32H45N3O6/c1-6-7-13-27-25(22-14-15-28(26(20-22)30(36)38-5)39-23-11-9-8-10-12-23)21-29(34-33-27)40-24-16-18-35(19-17-24)31(37)41-32(2,3)4/h14-15,20-21,23-24H,6-13,16-19H2,1-5H3. The molecule has 2 heterocycles. The number of aromatic nitrogens is 2. The number of hydrogen-bond donors (Lipinski definition) is 0. The summed E-state index contributed by atoms with van der Waals surface area (Å²) in [5.74, 6) is 0.555. The average molecular weight is 568 g/mol. The van der Waals surface area contributed by atoms with Crippen LogP contribution in [0.2, 0.25) is 0 Å². The number of aryl methyl sites for hydroxylation is 1. The van der Waals surface area contributed by atoms with Crippen LogP contribution in [-0.2, 0) is 15.9 Å². The quantitative estimate of drug-likeness (QED) is 0.306. The number of rotatable bonds is 9. The molecule has 1 aliphatic carbocycles. The van der Waals surface area contributed by atoms with Crippen LogP contribution in [0.5, 0.6) is 11.6 Å². The Morgan fingerprint density at radius 2 is 1.66 bits per heavy atom. The van der Waals surface area contributed by atoms with Crippen molar-refractivity contribution in [2.24, 2.45) is 0 Å². The lowest BCUT2D eigenvalue weighted by Gasteiger charge is -2.33. The van der Waals surface area contributed by atoms with Gasteiger partial charge in [-0.25, -0.2) is 9.59 Å². The van der Waals surface area contributed by atoms with Gasteiger partial charge in [0.25, 0.3) is 0 Å². The summed E-state index contributed by atoms with van der Waals surface area (Å²) >= 11 is 0. The summed E-state index contributed by atoms with van der Waals surface area (Å²) in [6.45, 7) is 8.85. The number of unbranched alkanes of at least 4 members (excludes halogenated alkanes) is 1.